The van der Waals surface area contributed by atoms with E-state index in [1.807, 2.05) is 35.0 Å². The van der Waals surface area contributed by atoms with Crippen molar-refractivity contribution in [3.8, 4) is 0 Å². The number of hydrogen-bond donors (Lipinski definition) is 1. The van der Waals surface area contributed by atoms with Gasteiger partial charge in [0.05, 0.1) is 6.54 Å². The fourth-order valence-corrected chi connectivity index (χ4v) is 4.23. The standard InChI is InChI=1S/C21H23N3OS/c25-21(20-9-4-11-24(20)16-19-8-5-13-26-19)22-14-17-10-12-23(15-17)18-6-2-1-3-7-18/h1-9,11,13,17H,10,12,14-16H2,(H,22,25). The normalized spacial score (nSPS) is 16.8. The molecule has 1 amide bonds. The molecule has 134 valence electrons. The van der Waals surface area contributed by atoms with Crippen molar-refractivity contribution in [1.82, 2.24) is 9.88 Å². The topological polar surface area (TPSA) is 37.3 Å². The first-order chi connectivity index (χ1) is 12.8. The van der Waals surface area contributed by atoms with Crippen LogP contribution < -0.4 is 10.2 Å². The Bertz CT molecular complexity index is 841. The molecule has 1 fully saturated rings. The number of hydrogen-bond acceptors (Lipinski definition) is 3. The zero-order chi connectivity index (χ0) is 17.8. The molecule has 3 heterocycles. The lowest BCUT2D eigenvalue weighted by molar-refractivity contribution is 0.0939. The Labute approximate surface area is 158 Å². The Morgan fingerprint density at radius 1 is 1.12 bits per heavy atom. The van der Waals surface area contributed by atoms with Crippen molar-refractivity contribution in [2.45, 2.75) is 13.0 Å². The van der Waals surface area contributed by atoms with Crippen LogP contribution in [0.2, 0.25) is 0 Å². The highest BCUT2D eigenvalue weighted by Gasteiger charge is 2.23. The van der Waals surface area contributed by atoms with E-state index in [1.165, 1.54) is 10.6 Å². The van der Waals surface area contributed by atoms with Crippen LogP contribution in [0, 0.1) is 5.92 Å². The number of amides is 1. The van der Waals surface area contributed by atoms with Crippen LogP contribution in [0.3, 0.4) is 0 Å². The molecule has 4 rings (SSSR count). The molecular formula is C21H23N3OS. The Hall–Kier alpha value is -2.53. The number of thiophene rings is 1. The van der Waals surface area contributed by atoms with Crippen molar-refractivity contribution in [3.05, 3.63) is 76.7 Å². The molecule has 5 heteroatoms. The van der Waals surface area contributed by atoms with Gasteiger partial charge in [0.25, 0.3) is 5.91 Å². The maximum atomic E-state index is 12.6. The highest BCUT2D eigenvalue weighted by molar-refractivity contribution is 7.09. The van der Waals surface area contributed by atoms with Crippen molar-refractivity contribution < 1.29 is 4.79 Å². The fraction of sp³-hybridized carbons (Fsp3) is 0.286. The van der Waals surface area contributed by atoms with Gasteiger partial charge < -0.3 is 14.8 Å². The third-order valence-corrected chi connectivity index (χ3v) is 5.79. The predicted octanol–water partition coefficient (Wildman–Crippen LogP) is 3.85. The van der Waals surface area contributed by atoms with E-state index in [-0.39, 0.29) is 5.91 Å². The second-order valence-electron chi connectivity index (χ2n) is 6.75. The second kappa shape index (κ2) is 7.79. The quantitative estimate of drug-likeness (QED) is 0.720. The number of anilines is 1. The number of aromatic nitrogens is 1. The van der Waals surface area contributed by atoms with E-state index < -0.39 is 0 Å². The van der Waals surface area contributed by atoms with Gasteiger partial charge in [-0.1, -0.05) is 24.3 Å². The van der Waals surface area contributed by atoms with Crippen LogP contribution >= 0.6 is 11.3 Å². The van der Waals surface area contributed by atoms with Gasteiger partial charge in [0.1, 0.15) is 5.69 Å². The lowest BCUT2D eigenvalue weighted by atomic mass is 10.1. The molecule has 0 radical (unpaired) electrons. The molecule has 3 aromatic rings. The predicted molar refractivity (Wildman–Crippen MR) is 107 cm³/mol. The van der Waals surface area contributed by atoms with E-state index >= 15 is 0 Å². The zero-order valence-electron chi connectivity index (χ0n) is 14.7. The smallest absolute Gasteiger partial charge is 0.267 e. The molecule has 1 aromatic carbocycles. The molecule has 4 nitrogen and oxygen atoms in total. The maximum absolute atomic E-state index is 12.6. The summed E-state index contributed by atoms with van der Waals surface area (Å²) < 4.78 is 2.02. The van der Waals surface area contributed by atoms with Crippen molar-refractivity contribution in [2.24, 2.45) is 5.92 Å². The van der Waals surface area contributed by atoms with Crippen LogP contribution in [0.1, 0.15) is 21.8 Å². The van der Waals surface area contributed by atoms with Crippen LogP contribution in [0.4, 0.5) is 5.69 Å². The van der Waals surface area contributed by atoms with Gasteiger partial charge in [0.15, 0.2) is 0 Å². The van der Waals surface area contributed by atoms with Crippen molar-refractivity contribution in [1.29, 1.82) is 0 Å². The molecule has 0 saturated carbocycles. The number of rotatable bonds is 6. The summed E-state index contributed by atoms with van der Waals surface area (Å²) in [4.78, 5) is 16.3. The van der Waals surface area contributed by atoms with Gasteiger partial charge in [-0.05, 0) is 48.1 Å². The summed E-state index contributed by atoms with van der Waals surface area (Å²) in [7, 11) is 0. The highest BCUT2D eigenvalue weighted by Crippen LogP contribution is 2.23. The molecule has 1 unspecified atom stereocenters. The lowest BCUT2D eigenvalue weighted by Crippen LogP contribution is -2.32. The summed E-state index contributed by atoms with van der Waals surface area (Å²) in [5.41, 5.74) is 2.00. The van der Waals surface area contributed by atoms with Gasteiger partial charge in [-0.25, -0.2) is 0 Å². The Morgan fingerprint density at radius 2 is 2.00 bits per heavy atom. The molecule has 2 aromatic heterocycles. The van der Waals surface area contributed by atoms with E-state index in [2.05, 4.69) is 45.9 Å². The fourth-order valence-electron chi connectivity index (χ4n) is 3.53. The first-order valence-corrected chi connectivity index (χ1v) is 9.93. The molecule has 0 aliphatic carbocycles. The second-order valence-corrected chi connectivity index (χ2v) is 7.78. The van der Waals surface area contributed by atoms with Gasteiger partial charge in [0, 0.05) is 36.4 Å². The Morgan fingerprint density at radius 3 is 2.81 bits per heavy atom. The number of nitrogens with zero attached hydrogens (tertiary/aromatic N) is 2. The number of para-hydroxylation sites is 1. The molecule has 1 aliphatic rings. The van der Waals surface area contributed by atoms with Gasteiger partial charge in [0.2, 0.25) is 0 Å². The molecule has 0 spiro atoms. The summed E-state index contributed by atoms with van der Waals surface area (Å²) in [6.07, 6.45) is 3.09. The third-order valence-electron chi connectivity index (χ3n) is 4.93. The molecule has 26 heavy (non-hydrogen) atoms. The monoisotopic (exact) mass is 365 g/mol. The van der Waals surface area contributed by atoms with Crippen LogP contribution in [0.25, 0.3) is 0 Å². The van der Waals surface area contributed by atoms with Crippen LogP contribution in [-0.4, -0.2) is 30.1 Å². The maximum Gasteiger partial charge on any atom is 0.267 e. The largest absolute Gasteiger partial charge is 0.371 e. The molecule has 1 atom stereocenters. The van der Waals surface area contributed by atoms with Crippen LogP contribution in [0.15, 0.2) is 66.2 Å². The molecule has 1 saturated heterocycles. The van der Waals surface area contributed by atoms with E-state index in [1.54, 1.807) is 11.3 Å². The summed E-state index contributed by atoms with van der Waals surface area (Å²) in [5.74, 6) is 0.518. The SMILES string of the molecule is O=C(NCC1CCN(c2ccccc2)C1)c1cccn1Cc1cccs1. The van der Waals surface area contributed by atoms with Gasteiger partial charge in [-0.3, -0.25) is 4.79 Å². The molecule has 1 N–H and O–H groups in total. The van der Waals surface area contributed by atoms with Gasteiger partial charge in [-0.15, -0.1) is 11.3 Å². The number of carbonyl (C=O) groups is 1. The van der Waals surface area contributed by atoms with E-state index in [9.17, 15) is 4.79 Å². The minimum atomic E-state index is 0.0183. The third kappa shape index (κ3) is 3.83. The average molecular weight is 366 g/mol. The van der Waals surface area contributed by atoms with E-state index in [0.717, 1.165) is 38.3 Å². The first-order valence-electron chi connectivity index (χ1n) is 9.05. The van der Waals surface area contributed by atoms with E-state index in [0.29, 0.717) is 5.92 Å². The number of benzene rings is 1. The number of nitrogens with one attached hydrogen (secondary N) is 1. The minimum Gasteiger partial charge on any atom is -0.371 e. The summed E-state index contributed by atoms with van der Waals surface area (Å²) in [6, 6.07) is 18.5. The minimum absolute atomic E-state index is 0.0183. The molecular weight excluding hydrogens is 342 g/mol. The van der Waals surface area contributed by atoms with E-state index in [4.69, 9.17) is 0 Å². The summed E-state index contributed by atoms with van der Waals surface area (Å²) in [5, 5.41) is 5.20. The van der Waals surface area contributed by atoms with Gasteiger partial charge in [-0.2, -0.15) is 0 Å². The molecule has 1 aliphatic heterocycles. The summed E-state index contributed by atoms with van der Waals surface area (Å²) in [6.45, 7) is 3.53. The molecule has 0 bridgehead atoms. The lowest BCUT2D eigenvalue weighted by Gasteiger charge is -2.18. The van der Waals surface area contributed by atoms with Gasteiger partial charge >= 0.3 is 0 Å². The van der Waals surface area contributed by atoms with Crippen molar-refractivity contribution in [2.75, 3.05) is 24.5 Å². The van der Waals surface area contributed by atoms with Crippen LogP contribution in [-0.2, 0) is 6.54 Å². The average Bonchev–Trinajstić information content (AvgIpc) is 3.43. The number of carbonyl (C=O) groups excluding carboxylic acids is 1. The Kier molecular flexibility index (Phi) is 5.07. The summed E-state index contributed by atoms with van der Waals surface area (Å²) >= 11 is 1.72. The Balaban J connectivity index is 1.32. The van der Waals surface area contributed by atoms with Crippen LogP contribution in [0.5, 0.6) is 0 Å². The van der Waals surface area contributed by atoms with Crippen molar-refractivity contribution in [3.63, 3.8) is 0 Å². The zero-order valence-corrected chi connectivity index (χ0v) is 15.5. The van der Waals surface area contributed by atoms with Crippen molar-refractivity contribution >= 4 is 22.9 Å². The first kappa shape index (κ1) is 16.9. The highest BCUT2D eigenvalue weighted by atomic mass is 32.1.